The molecule has 0 radical (unpaired) electrons. The fourth-order valence-corrected chi connectivity index (χ4v) is 3.65. The van der Waals surface area contributed by atoms with Gasteiger partial charge in [0.25, 0.3) is 0 Å². The van der Waals surface area contributed by atoms with E-state index in [9.17, 15) is 14.9 Å². The molecule has 6 nitrogen and oxygen atoms in total. The SMILES string of the molecule is CCOC(=O)c1cc(C#N)c(S[C@@H](C(=O)N(C)C)c2ccccc2)nc1C. The summed E-state index contributed by atoms with van der Waals surface area (Å²) in [6.07, 6.45) is 0. The molecule has 1 atom stereocenters. The van der Waals surface area contributed by atoms with E-state index in [1.165, 1.54) is 22.7 Å². The summed E-state index contributed by atoms with van der Waals surface area (Å²) >= 11 is 1.20. The van der Waals surface area contributed by atoms with Gasteiger partial charge in [-0.1, -0.05) is 42.1 Å². The summed E-state index contributed by atoms with van der Waals surface area (Å²) in [4.78, 5) is 30.7. The van der Waals surface area contributed by atoms with Crippen molar-refractivity contribution in [2.24, 2.45) is 0 Å². The minimum Gasteiger partial charge on any atom is -0.462 e. The van der Waals surface area contributed by atoms with E-state index in [1.54, 1.807) is 27.9 Å². The zero-order chi connectivity index (χ0) is 20.0. The summed E-state index contributed by atoms with van der Waals surface area (Å²) in [6.45, 7) is 3.64. The topological polar surface area (TPSA) is 83.3 Å². The lowest BCUT2D eigenvalue weighted by Gasteiger charge is -2.21. The molecule has 0 spiro atoms. The number of likely N-dealkylation sites (N-methyl/N-ethyl adjacent to an activating group) is 1. The molecule has 27 heavy (non-hydrogen) atoms. The average molecular weight is 383 g/mol. The number of hydrogen-bond donors (Lipinski definition) is 0. The number of aromatic nitrogens is 1. The summed E-state index contributed by atoms with van der Waals surface area (Å²) in [5, 5.41) is 9.39. The number of benzene rings is 1. The number of pyridine rings is 1. The average Bonchev–Trinajstić information content (AvgIpc) is 2.66. The maximum atomic E-state index is 12.7. The molecule has 0 fully saturated rings. The van der Waals surface area contributed by atoms with Crippen LogP contribution in [0.1, 0.15) is 39.4 Å². The smallest absolute Gasteiger partial charge is 0.340 e. The Kier molecular flexibility index (Phi) is 6.97. The number of esters is 1. The Hall–Kier alpha value is -2.85. The third kappa shape index (κ3) is 4.86. The highest BCUT2D eigenvalue weighted by Gasteiger charge is 2.26. The maximum absolute atomic E-state index is 12.7. The number of aryl methyl sites for hydroxylation is 1. The predicted octanol–water partition coefficient (Wildman–Crippen LogP) is 3.36. The van der Waals surface area contributed by atoms with E-state index >= 15 is 0 Å². The van der Waals surface area contributed by atoms with Crippen molar-refractivity contribution >= 4 is 23.6 Å². The largest absolute Gasteiger partial charge is 0.462 e. The fraction of sp³-hybridized carbons (Fsp3) is 0.300. The number of thioether (sulfide) groups is 1. The van der Waals surface area contributed by atoms with E-state index in [0.29, 0.717) is 10.7 Å². The van der Waals surface area contributed by atoms with Crippen LogP contribution in [0.25, 0.3) is 0 Å². The van der Waals surface area contributed by atoms with Crippen LogP contribution in [0.2, 0.25) is 0 Å². The van der Waals surface area contributed by atoms with Crippen LogP contribution in [0, 0.1) is 18.3 Å². The van der Waals surface area contributed by atoms with Crippen molar-refractivity contribution in [2.45, 2.75) is 24.1 Å². The molecule has 1 heterocycles. The lowest BCUT2D eigenvalue weighted by molar-refractivity contribution is -0.128. The number of nitriles is 1. The Balaban J connectivity index is 2.46. The summed E-state index contributed by atoms with van der Waals surface area (Å²) in [7, 11) is 3.37. The lowest BCUT2D eigenvalue weighted by Crippen LogP contribution is -2.26. The highest BCUT2D eigenvalue weighted by Crippen LogP contribution is 2.37. The van der Waals surface area contributed by atoms with E-state index in [4.69, 9.17) is 4.74 Å². The Morgan fingerprint density at radius 1 is 1.30 bits per heavy atom. The molecule has 0 aliphatic heterocycles. The first-order valence-corrected chi connectivity index (χ1v) is 9.28. The van der Waals surface area contributed by atoms with E-state index in [1.807, 2.05) is 30.3 Å². The third-order valence-electron chi connectivity index (χ3n) is 3.79. The van der Waals surface area contributed by atoms with Crippen LogP contribution < -0.4 is 0 Å². The Morgan fingerprint density at radius 2 is 1.96 bits per heavy atom. The Bertz CT molecular complexity index is 876. The van der Waals surface area contributed by atoms with E-state index in [0.717, 1.165) is 5.56 Å². The van der Waals surface area contributed by atoms with Gasteiger partial charge in [0.1, 0.15) is 16.3 Å². The Labute approximate surface area is 163 Å². The quantitative estimate of drug-likeness (QED) is 0.562. The number of ether oxygens (including phenoxy) is 1. The molecule has 0 saturated heterocycles. The van der Waals surface area contributed by atoms with Crippen LogP contribution in [-0.2, 0) is 9.53 Å². The summed E-state index contributed by atoms with van der Waals surface area (Å²) < 4.78 is 5.01. The van der Waals surface area contributed by atoms with Crippen molar-refractivity contribution in [1.29, 1.82) is 5.26 Å². The second kappa shape index (κ2) is 9.19. The van der Waals surface area contributed by atoms with Gasteiger partial charge in [0.05, 0.1) is 23.4 Å². The van der Waals surface area contributed by atoms with Crippen molar-refractivity contribution in [3.05, 3.63) is 58.8 Å². The Morgan fingerprint density at radius 3 is 2.52 bits per heavy atom. The molecule has 0 unspecified atom stereocenters. The van der Waals surface area contributed by atoms with Gasteiger partial charge < -0.3 is 9.64 Å². The molecule has 2 rings (SSSR count). The van der Waals surface area contributed by atoms with Crippen molar-refractivity contribution in [3.8, 4) is 6.07 Å². The normalized spacial score (nSPS) is 11.4. The molecular formula is C20H21N3O3S. The van der Waals surface area contributed by atoms with E-state index < -0.39 is 11.2 Å². The van der Waals surface area contributed by atoms with E-state index in [-0.39, 0.29) is 23.6 Å². The lowest BCUT2D eigenvalue weighted by atomic mass is 10.1. The van der Waals surface area contributed by atoms with Gasteiger partial charge in [-0.3, -0.25) is 4.79 Å². The van der Waals surface area contributed by atoms with Crippen LogP contribution in [0.15, 0.2) is 41.4 Å². The maximum Gasteiger partial charge on any atom is 0.340 e. The van der Waals surface area contributed by atoms with Crippen LogP contribution in [0.5, 0.6) is 0 Å². The number of carbonyl (C=O) groups excluding carboxylic acids is 2. The number of nitrogens with zero attached hydrogens (tertiary/aromatic N) is 3. The molecule has 7 heteroatoms. The van der Waals surface area contributed by atoms with Gasteiger partial charge in [0.2, 0.25) is 5.91 Å². The van der Waals surface area contributed by atoms with Gasteiger partial charge in [-0.15, -0.1) is 0 Å². The third-order valence-corrected chi connectivity index (χ3v) is 5.03. The van der Waals surface area contributed by atoms with E-state index in [2.05, 4.69) is 11.1 Å². The zero-order valence-electron chi connectivity index (χ0n) is 15.7. The predicted molar refractivity (Wildman–Crippen MR) is 103 cm³/mol. The molecule has 0 saturated carbocycles. The second-order valence-electron chi connectivity index (χ2n) is 5.95. The zero-order valence-corrected chi connectivity index (χ0v) is 16.5. The van der Waals surface area contributed by atoms with Gasteiger partial charge >= 0.3 is 5.97 Å². The molecule has 1 aromatic heterocycles. The summed E-state index contributed by atoms with van der Waals surface area (Å²) in [5.74, 6) is -0.622. The molecule has 0 aliphatic rings. The summed E-state index contributed by atoms with van der Waals surface area (Å²) in [6, 6.07) is 12.9. The number of rotatable bonds is 6. The fourth-order valence-electron chi connectivity index (χ4n) is 2.40. The monoisotopic (exact) mass is 383 g/mol. The van der Waals surface area contributed by atoms with Crippen molar-refractivity contribution in [1.82, 2.24) is 9.88 Å². The van der Waals surface area contributed by atoms with Crippen LogP contribution in [0.3, 0.4) is 0 Å². The molecule has 1 aromatic carbocycles. The van der Waals surface area contributed by atoms with Crippen molar-refractivity contribution in [3.63, 3.8) is 0 Å². The standard InChI is InChI=1S/C20H21N3O3S/c1-5-26-20(25)16-11-15(12-21)18(22-13(16)2)27-17(19(24)23(3)4)14-9-7-6-8-10-14/h6-11,17H,5H2,1-4H3/t17-/m1/s1. The van der Waals surface area contributed by atoms with Gasteiger partial charge in [-0.05, 0) is 25.5 Å². The first-order chi connectivity index (χ1) is 12.9. The molecule has 140 valence electrons. The minimum absolute atomic E-state index is 0.107. The number of amides is 1. The molecule has 0 aliphatic carbocycles. The van der Waals surface area contributed by atoms with Gasteiger partial charge in [0.15, 0.2) is 0 Å². The minimum atomic E-state index is -0.548. The van der Waals surface area contributed by atoms with Gasteiger partial charge in [0, 0.05) is 14.1 Å². The molecule has 0 bridgehead atoms. The highest BCUT2D eigenvalue weighted by molar-refractivity contribution is 8.00. The second-order valence-corrected chi connectivity index (χ2v) is 7.04. The van der Waals surface area contributed by atoms with Crippen LogP contribution in [-0.4, -0.2) is 42.5 Å². The van der Waals surface area contributed by atoms with Crippen molar-refractivity contribution in [2.75, 3.05) is 20.7 Å². The molecule has 2 aromatic rings. The first kappa shape index (κ1) is 20.5. The first-order valence-electron chi connectivity index (χ1n) is 8.40. The number of hydrogen-bond acceptors (Lipinski definition) is 6. The summed E-state index contributed by atoms with van der Waals surface area (Å²) in [5.41, 5.74) is 1.77. The van der Waals surface area contributed by atoms with Gasteiger partial charge in [-0.2, -0.15) is 5.26 Å². The number of carbonyl (C=O) groups is 2. The molecule has 1 amide bonds. The van der Waals surface area contributed by atoms with Crippen LogP contribution in [0.4, 0.5) is 0 Å². The highest BCUT2D eigenvalue weighted by atomic mass is 32.2. The molecular weight excluding hydrogens is 362 g/mol. The van der Waals surface area contributed by atoms with Crippen LogP contribution >= 0.6 is 11.8 Å². The molecule has 0 N–H and O–H groups in total. The van der Waals surface area contributed by atoms with Gasteiger partial charge in [-0.25, -0.2) is 9.78 Å². The van der Waals surface area contributed by atoms with Crippen molar-refractivity contribution < 1.29 is 14.3 Å².